The minimum absolute atomic E-state index is 0.0599. The maximum absolute atomic E-state index is 12.5. The minimum atomic E-state index is -0.250. The molecule has 8 heteroatoms. The van der Waals surface area contributed by atoms with Crippen molar-refractivity contribution in [3.63, 3.8) is 0 Å². The largest absolute Gasteiger partial charge is 0.482 e. The Bertz CT molecular complexity index is 913. The molecule has 30 heavy (non-hydrogen) atoms. The average Bonchev–Trinajstić information content (AvgIpc) is 2.76. The van der Waals surface area contributed by atoms with E-state index < -0.39 is 0 Å². The number of anilines is 2. The van der Waals surface area contributed by atoms with Crippen molar-refractivity contribution in [3.8, 4) is 5.75 Å². The maximum Gasteiger partial charge on any atom is 0.265 e. The van der Waals surface area contributed by atoms with Gasteiger partial charge in [0.05, 0.1) is 18.9 Å². The van der Waals surface area contributed by atoms with Crippen LogP contribution in [0, 0.1) is 0 Å². The van der Waals surface area contributed by atoms with E-state index in [1.54, 1.807) is 12.1 Å². The van der Waals surface area contributed by atoms with Crippen LogP contribution in [-0.4, -0.2) is 62.7 Å². The molecule has 1 fully saturated rings. The molecule has 0 saturated carbocycles. The van der Waals surface area contributed by atoms with E-state index in [0.717, 1.165) is 43.7 Å². The lowest BCUT2D eigenvalue weighted by atomic mass is 10.1. The number of amides is 2. The Labute approximate surface area is 184 Å². The first kappa shape index (κ1) is 20.8. The molecule has 0 aromatic heterocycles. The number of ether oxygens (including phenoxy) is 2. The first-order valence-electron chi connectivity index (χ1n) is 10.00. The summed E-state index contributed by atoms with van der Waals surface area (Å²) in [7, 11) is 0. The van der Waals surface area contributed by atoms with Gasteiger partial charge in [0.15, 0.2) is 6.61 Å². The minimum Gasteiger partial charge on any atom is -0.482 e. The quantitative estimate of drug-likeness (QED) is 0.698. The first-order chi connectivity index (χ1) is 14.6. The summed E-state index contributed by atoms with van der Waals surface area (Å²) in [6, 6.07) is 13.2. The van der Waals surface area contributed by atoms with Crippen molar-refractivity contribution in [2.24, 2.45) is 0 Å². The van der Waals surface area contributed by atoms with E-state index in [0.29, 0.717) is 17.1 Å². The molecule has 0 aliphatic carbocycles. The van der Waals surface area contributed by atoms with Gasteiger partial charge in [-0.25, -0.2) is 0 Å². The van der Waals surface area contributed by atoms with E-state index in [9.17, 15) is 9.59 Å². The number of hydrogen-bond donors (Lipinski definition) is 1. The van der Waals surface area contributed by atoms with Crippen molar-refractivity contribution >= 4 is 39.1 Å². The van der Waals surface area contributed by atoms with Crippen molar-refractivity contribution < 1.29 is 19.1 Å². The summed E-state index contributed by atoms with van der Waals surface area (Å²) in [6.45, 7) is 4.44. The Kier molecular flexibility index (Phi) is 6.66. The van der Waals surface area contributed by atoms with E-state index in [-0.39, 0.29) is 25.0 Å². The molecule has 2 amide bonds. The summed E-state index contributed by atoms with van der Waals surface area (Å²) >= 11 is 3.39. The van der Waals surface area contributed by atoms with E-state index >= 15 is 0 Å². The highest BCUT2D eigenvalue weighted by Gasteiger charge is 2.27. The molecule has 2 aliphatic rings. The number of nitrogens with one attached hydrogen (secondary N) is 1. The summed E-state index contributed by atoms with van der Waals surface area (Å²) in [5.74, 6) is 0.0972. The predicted octanol–water partition coefficient (Wildman–Crippen LogP) is 2.69. The second kappa shape index (κ2) is 9.59. The van der Waals surface area contributed by atoms with Gasteiger partial charge in [-0.05, 0) is 42.3 Å². The number of hydrogen-bond acceptors (Lipinski definition) is 5. The maximum atomic E-state index is 12.5. The van der Waals surface area contributed by atoms with Crippen molar-refractivity contribution in [1.29, 1.82) is 0 Å². The van der Waals surface area contributed by atoms with Gasteiger partial charge in [-0.1, -0.05) is 28.1 Å². The fourth-order valence-corrected chi connectivity index (χ4v) is 3.90. The average molecular weight is 474 g/mol. The Morgan fingerprint density at radius 2 is 1.87 bits per heavy atom. The lowest BCUT2D eigenvalue weighted by molar-refractivity contribution is -0.123. The number of halogens is 1. The highest BCUT2D eigenvalue weighted by atomic mass is 79.9. The molecular weight excluding hydrogens is 450 g/mol. The molecule has 2 aliphatic heterocycles. The fraction of sp³-hybridized carbons (Fsp3) is 0.364. The summed E-state index contributed by atoms with van der Waals surface area (Å²) in [5.41, 5.74) is 2.54. The van der Waals surface area contributed by atoms with Gasteiger partial charge in [-0.3, -0.25) is 19.4 Å². The third kappa shape index (κ3) is 5.19. The third-order valence-corrected chi connectivity index (χ3v) is 5.72. The van der Waals surface area contributed by atoms with E-state index in [2.05, 4.69) is 26.1 Å². The molecule has 0 radical (unpaired) electrons. The monoisotopic (exact) mass is 473 g/mol. The molecule has 0 bridgehead atoms. The molecule has 2 aromatic carbocycles. The van der Waals surface area contributed by atoms with Crippen LogP contribution in [0.2, 0.25) is 0 Å². The molecular formula is C22H24BrN3O4. The molecule has 0 atom stereocenters. The summed E-state index contributed by atoms with van der Waals surface area (Å²) in [5, 5.41) is 2.87. The van der Waals surface area contributed by atoms with Gasteiger partial charge in [0, 0.05) is 29.8 Å². The van der Waals surface area contributed by atoms with Crippen LogP contribution in [0.4, 0.5) is 11.4 Å². The van der Waals surface area contributed by atoms with Gasteiger partial charge in [0.1, 0.15) is 12.3 Å². The zero-order chi connectivity index (χ0) is 20.9. The zero-order valence-electron chi connectivity index (χ0n) is 16.6. The lowest BCUT2D eigenvalue weighted by Crippen LogP contribution is -2.43. The summed E-state index contributed by atoms with van der Waals surface area (Å²) in [6.07, 6.45) is 0.961. The SMILES string of the molecule is O=C(CN1C(=O)COc2cc(Br)ccc21)Nc1ccc(CCN2CCOCC2)cc1. The standard InChI is InChI=1S/C22H24BrN3O4/c23-17-3-6-19-20(13-17)30-15-22(28)26(19)14-21(27)24-18-4-1-16(2-5-18)7-8-25-9-11-29-12-10-25/h1-6,13H,7-12,14-15H2,(H,24,27). The number of fused-ring (bicyclic) bond motifs is 1. The molecule has 0 unspecified atom stereocenters. The second-order valence-corrected chi connectivity index (χ2v) is 8.25. The lowest BCUT2D eigenvalue weighted by Gasteiger charge is -2.29. The number of nitrogens with zero attached hydrogens (tertiary/aromatic N) is 2. The van der Waals surface area contributed by atoms with Crippen LogP contribution in [0.1, 0.15) is 5.56 Å². The van der Waals surface area contributed by atoms with Crippen molar-refractivity contribution in [2.75, 3.05) is 56.2 Å². The van der Waals surface area contributed by atoms with Crippen molar-refractivity contribution in [1.82, 2.24) is 4.90 Å². The van der Waals surface area contributed by atoms with E-state index in [1.807, 2.05) is 30.3 Å². The molecule has 2 aromatic rings. The van der Waals surface area contributed by atoms with Crippen LogP contribution in [0.3, 0.4) is 0 Å². The van der Waals surface area contributed by atoms with Gasteiger partial charge in [-0.15, -0.1) is 0 Å². The van der Waals surface area contributed by atoms with Crippen LogP contribution < -0.4 is 15.0 Å². The molecule has 1 N–H and O–H groups in total. The highest BCUT2D eigenvalue weighted by molar-refractivity contribution is 9.10. The molecule has 0 spiro atoms. The van der Waals surface area contributed by atoms with E-state index in [4.69, 9.17) is 9.47 Å². The third-order valence-electron chi connectivity index (χ3n) is 5.22. The topological polar surface area (TPSA) is 71.1 Å². The molecule has 7 nitrogen and oxygen atoms in total. The van der Waals surface area contributed by atoms with Crippen LogP contribution in [-0.2, 0) is 20.7 Å². The van der Waals surface area contributed by atoms with Gasteiger partial charge in [-0.2, -0.15) is 0 Å². The van der Waals surface area contributed by atoms with Crippen molar-refractivity contribution in [2.45, 2.75) is 6.42 Å². The Hall–Kier alpha value is -2.42. The predicted molar refractivity (Wildman–Crippen MR) is 118 cm³/mol. The smallest absolute Gasteiger partial charge is 0.265 e. The number of morpholine rings is 1. The summed E-state index contributed by atoms with van der Waals surface area (Å²) < 4.78 is 11.7. The molecule has 4 rings (SSSR count). The number of carbonyl (C=O) groups is 2. The second-order valence-electron chi connectivity index (χ2n) is 7.33. The highest BCUT2D eigenvalue weighted by Crippen LogP contribution is 2.34. The number of rotatable bonds is 6. The Balaban J connectivity index is 1.32. The van der Waals surface area contributed by atoms with Crippen molar-refractivity contribution in [3.05, 3.63) is 52.5 Å². The van der Waals surface area contributed by atoms with Gasteiger partial charge < -0.3 is 14.8 Å². The summed E-state index contributed by atoms with van der Waals surface area (Å²) in [4.78, 5) is 28.7. The molecule has 1 saturated heterocycles. The van der Waals surface area contributed by atoms with Gasteiger partial charge in [0.2, 0.25) is 5.91 Å². The Morgan fingerprint density at radius 3 is 2.63 bits per heavy atom. The van der Waals surface area contributed by atoms with Crippen LogP contribution in [0.15, 0.2) is 46.9 Å². The molecule has 2 heterocycles. The number of carbonyl (C=O) groups excluding carboxylic acids is 2. The van der Waals surface area contributed by atoms with Crippen LogP contribution >= 0.6 is 15.9 Å². The fourth-order valence-electron chi connectivity index (χ4n) is 3.56. The zero-order valence-corrected chi connectivity index (χ0v) is 18.2. The van der Waals surface area contributed by atoms with Crippen LogP contribution in [0.5, 0.6) is 5.75 Å². The van der Waals surface area contributed by atoms with Gasteiger partial charge in [0.25, 0.3) is 5.91 Å². The number of benzene rings is 2. The van der Waals surface area contributed by atoms with Gasteiger partial charge >= 0.3 is 0 Å². The van der Waals surface area contributed by atoms with E-state index in [1.165, 1.54) is 10.5 Å². The normalized spacial score (nSPS) is 16.7. The van der Waals surface area contributed by atoms with Crippen LogP contribution in [0.25, 0.3) is 0 Å². The Morgan fingerprint density at radius 1 is 1.10 bits per heavy atom. The first-order valence-corrected chi connectivity index (χ1v) is 10.8. The molecule has 158 valence electrons.